The maximum Gasteiger partial charge on any atom is 0.408 e. The van der Waals surface area contributed by atoms with E-state index in [9.17, 15) is 14.4 Å². The van der Waals surface area contributed by atoms with Gasteiger partial charge in [0.05, 0.1) is 7.11 Å². The van der Waals surface area contributed by atoms with Crippen LogP contribution in [0.4, 0.5) is 4.79 Å². The number of esters is 2. The van der Waals surface area contributed by atoms with Gasteiger partial charge < -0.3 is 24.5 Å². The number of para-hydroxylation sites is 1. The number of benzene rings is 2. The molecule has 2 heterocycles. The number of fused-ring (bicyclic) bond motifs is 1. The summed E-state index contributed by atoms with van der Waals surface area (Å²) in [6.45, 7) is 1.56. The molecule has 3 aromatic rings. The van der Waals surface area contributed by atoms with Gasteiger partial charge in [-0.2, -0.15) is 0 Å². The topological polar surface area (TPSA) is 107 Å². The minimum absolute atomic E-state index is 0.0509. The number of H-pyrrole nitrogens is 1. The number of alkyl carbamates (subject to hydrolysis) is 1. The Bertz CT molecular complexity index is 1160. The summed E-state index contributed by atoms with van der Waals surface area (Å²) in [4.78, 5) is 41.2. The monoisotopic (exact) mass is 436 g/mol. The van der Waals surface area contributed by atoms with E-state index in [4.69, 9.17) is 14.2 Å². The largest absolute Gasteiger partial charge is 0.466 e. The molecule has 0 aliphatic carbocycles. The molecule has 8 heteroatoms. The fraction of sp³-hybridized carbons (Fsp3) is 0.292. The number of hydrogen-bond acceptors (Lipinski definition) is 6. The molecule has 4 rings (SSSR count). The van der Waals surface area contributed by atoms with Crippen LogP contribution < -0.4 is 5.32 Å². The highest BCUT2D eigenvalue weighted by Gasteiger charge is 2.60. The molecule has 0 saturated carbocycles. The summed E-state index contributed by atoms with van der Waals surface area (Å²) in [6, 6.07) is 16.8. The summed E-state index contributed by atoms with van der Waals surface area (Å²) in [7, 11) is 1.24. The lowest BCUT2D eigenvalue weighted by atomic mass is 9.84. The maximum absolute atomic E-state index is 12.8. The minimum atomic E-state index is -1.57. The minimum Gasteiger partial charge on any atom is -0.466 e. The third-order valence-corrected chi connectivity index (χ3v) is 5.68. The second-order valence-electron chi connectivity index (χ2n) is 8.11. The van der Waals surface area contributed by atoms with E-state index in [2.05, 4.69) is 10.3 Å². The Morgan fingerprint density at radius 3 is 2.59 bits per heavy atom. The lowest BCUT2D eigenvalue weighted by molar-refractivity contribution is -0.172. The van der Waals surface area contributed by atoms with Gasteiger partial charge in [-0.15, -0.1) is 0 Å². The second kappa shape index (κ2) is 8.37. The number of nitrogens with one attached hydrogen (secondary N) is 2. The summed E-state index contributed by atoms with van der Waals surface area (Å²) in [6.07, 6.45) is 1.01. The third kappa shape index (κ3) is 4.03. The van der Waals surface area contributed by atoms with Crippen LogP contribution in [0.3, 0.4) is 0 Å². The normalized spacial score (nSPS) is 22.4. The van der Waals surface area contributed by atoms with Gasteiger partial charge in [0, 0.05) is 29.9 Å². The van der Waals surface area contributed by atoms with Crippen molar-refractivity contribution in [1.29, 1.82) is 0 Å². The average molecular weight is 436 g/mol. The summed E-state index contributed by atoms with van der Waals surface area (Å²) < 4.78 is 15.8. The number of aromatic nitrogens is 1. The zero-order chi connectivity index (χ0) is 22.8. The maximum atomic E-state index is 12.8. The lowest BCUT2D eigenvalue weighted by Gasteiger charge is -2.26. The molecule has 2 aromatic carbocycles. The first kappa shape index (κ1) is 21.4. The first-order valence-corrected chi connectivity index (χ1v) is 10.2. The Labute approximate surface area is 184 Å². The molecule has 2 atom stereocenters. The van der Waals surface area contributed by atoms with Gasteiger partial charge in [-0.3, -0.25) is 0 Å². The molecule has 1 fully saturated rings. The molecule has 1 aliphatic heterocycles. The number of carbonyl (C=O) groups is 3. The van der Waals surface area contributed by atoms with E-state index in [1.165, 1.54) is 14.0 Å². The van der Waals surface area contributed by atoms with Crippen molar-refractivity contribution in [3.05, 3.63) is 71.9 Å². The van der Waals surface area contributed by atoms with Gasteiger partial charge >= 0.3 is 18.0 Å². The highest BCUT2D eigenvalue weighted by Crippen LogP contribution is 2.39. The van der Waals surface area contributed by atoms with Crippen molar-refractivity contribution in [2.24, 2.45) is 0 Å². The standard InChI is InChI=1S/C24H24N2O6/c1-23(26-22(29)31-14-16-8-4-3-5-9-16)15-24(21(28)30-2,32-20(23)27)12-17-13-25-19-11-7-6-10-18(17)19/h3-11,13,25H,12,14-15H2,1-2H3,(H,26,29)/t23-,24?/m1/s1. The molecule has 1 aromatic heterocycles. The highest BCUT2D eigenvalue weighted by molar-refractivity contribution is 5.95. The van der Waals surface area contributed by atoms with Crippen molar-refractivity contribution < 1.29 is 28.6 Å². The van der Waals surface area contributed by atoms with Crippen molar-refractivity contribution in [2.75, 3.05) is 7.11 Å². The molecule has 1 aliphatic rings. The van der Waals surface area contributed by atoms with Crippen LogP contribution in [0.5, 0.6) is 0 Å². The first-order chi connectivity index (χ1) is 15.3. The summed E-state index contributed by atoms with van der Waals surface area (Å²) in [5, 5.41) is 3.49. The number of methoxy groups -OCH3 is 1. The van der Waals surface area contributed by atoms with Gasteiger partial charge in [-0.1, -0.05) is 48.5 Å². The van der Waals surface area contributed by atoms with Gasteiger partial charge in [0.2, 0.25) is 5.60 Å². The molecule has 0 bridgehead atoms. The van der Waals surface area contributed by atoms with Crippen LogP contribution in [0.1, 0.15) is 24.5 Å². The SMILES string of the molecule is COC(=O)C1(Cc2c[nH]c3ccccc23)C[C@@](C)(NC(=O)OCc2ccccc2)C(=O)O1. The van der Waals surface area contributed by atoms with Crippen molar-refractivity contribution in [2.45, 2.75) is 37.5 Å². The fourth-order valence-electron chi connectivity index (χ4n) is 4.11. The van der Waals surface area contributed by atoms with Crippen molar-refractivity contribution >= 4 is 28.9 Å². The number of aromatic amines is 1. The Morgan fingerprint density at radius 2 is 1.84 bits per heavy atom. The van der Waals surface area contributed by atoms with Crippen LogP contribution in [0, 0.1) is 0 Å². The van der Waals surface area contributed by atoms with Crippen LogP contribution in [-0.2, 0) is 36.8 Å². The molecule has 0 radical (unpaired) electrons. The van der Waals surface area contributed by atoms with Crippen LogP contribution in [-0.4, -0.2) is 41.3 Å². The fourth-order valence-corrected chi connectivity index (χ4v) is 4.11. The molecule has 8 nitrogen and oxygen atoms in total. The predicted molar refractivity (Wildman–Crippen MR) is 116 cm³/mol. The smallest absolute Gasteiger partial charge is 0.408 e. The molecule has 1 amide bonds. The van der Waals surface area contributed by atoms with Crippen molar-refractivity contribution in [3.8, 4) is 0 Å². The number of cyclic esters (lactones) is 1. The Hall–Kier alpha value is -3.81. The molecule has 32 heavy (non-hydrogen) atoms. The Balaban J connectivity index is 1.53. The highest BCUT2D eigenvalue weighted by atomic mass is 16.6. The molecule has 2 N–H and O–H groups in total. The van der Waals surface area contributed by atoms with Crippen molar-refractivity contribution in [3.63, 3.8) is 0 Å². The molecule has 1 saturated heterocycles. The summed E-state index contributed by atoms with van der Waals surface area (Å²) >= 11 is 0. The predicted octanol–water partition coefficient (Wildman–Crippen LogP) is 3.25. The van der Waals surface area contributed by atoms with Crippen LogP contribution in [0.2, 0.25) is 0 Å². The van der Waals surface area contributed by atoms with E-state index in [1.54, 1.807) is 6.20 Å². The van der Waals surface area contributed by atoms with Crippen LogP contribution in [0.15, 0.2) is 60.8 Å². The van der Waals surface area contributed by atoms with E-state index in [-0.39, 0.29) is 19.4 Å². The first-order valence-electron chi connectivity index (χ1n) is 10.2. The van der Waals surface area contributed by atoms with Gasteiger partial charge in [0.25, 0.3) is 0 Å². The van der Waals surface area contributed by atoms with Crippen molar-refractivity contribution in [1.82, 2.24) is 10.3 Å². The van der Waals surface area contributed by atoms with Crippen LogP contribution in [0.25, 0.3) is 10.9 Å². The number of carbonyl (C=O) groups excluding carboxylic acids is 3. The average Bonchev–Trinajstić information content (AvgIpc) is 3.31. The zero-order valence-corrected chi connectivity index (χ0v) is 17.8. The van der Waals surface area contributed by atoms with Crippen LogP contribution >= 0.6 is 0 Å². The van der Waals surface area contributed by atoms with Gasteiger partial charge in [0.1, 0.15) is 12.1 Å². The van der Waals surface area contributed by atoms with Gasteiger partial charge in [-0.05, 0) is 24.1 Å². The molecular formula is C24H24N2O6. The Kier molecular flexibility index (Phi) is 5.61. The van der Waals surface area contributed by atoms with E-state index in [0.29, 0.717) is 0 Å². The lowest BCUT2D eigenvalue weighted by Crippen LogP contribution is -2.51. The molecule has 1 unspecified atom stereocenters. The zero-order valence-electron chi connectivity index (χ0n) is 17.8. The molecule has 166 valence electrons. The molecular weight excluding hydrogens is 412 g/mol. The van der Waals surface area contributed by atoms with E-state index >= 15 is 0 Å². The summed E-state index contributed by atoms with van der Waals surface area (Å²) in [5.41, 5.74) is -0.510. The third-order valence-electron chi connectivity index (χ3n) is 5.68. The summed E-state index contributed by atoms with van der Waals surface area (Å²) in [5.74, 6) is -1.40. The molecule has 0 spiro atoms. The van der Waals surface area contributed by atoms with E-state index < -0.39 is 29.2 Å². The Morgan fingerprint density at radius 1 is 1.12 bits per heavy atom. The second-order valence-corrected chi connectivity index (χ2v) is 8.11. The van der Waals surface area contributed by atoms with E-state index in [0.717, 1.165) is 22.0 Å². The quantitative estimate of drug-likeness (QED) is 0.454. The number of hydrogen-bond donors (Lipinski definition) is 2. The number of rotatable bonds is 6. The van der Waals surface area contributed by atoms with E-state index in [1.807, 2.05) is 54.6 Å². The van der Waals surface area contributed by atoms with Gasteiger partial charge in [-0.25, -0.2) is 14.4 Å². The number of ether oxygens (including phenoxy) is 3. The number of amides is 1. The van der Waals surface area contributed by atoms with Gasteiger partial charge in [0.15, 0.2) is 0 Å².